The lowest BCUT2D eigenvalue weighted by molar-refractivity contribution is 0.151. The molecule has 2 fully saturated rings. The van der Waals surface area contributed by atoms with Crippen molar-refractivity contribution in [3.63, 3.8) is 0 Å². The number of piperidine rings is 1. The smallest absolute Gasteiger partial charge is 0.0184 e. The van der Waals surface area contributed by atoms with Crippen molar-refractivity contribution in [2.75, 3.05) is 6.54 Å². The first-order valence-corrected chi connectivity index (χ1v) is 5.56. The first kappa shape index (κ1) is 8.55. The van der Waals surface area contributed by atoms with Crippen LogP contribution in [0.2, 0.25) is 0 Å². The van der Waals surface area contributed by atoms with Gasteiger partial charge in [-0.2, -0.15) is 0 Å². The van der Waals surface area contributed by atoms with Crippen LogP contribution in [0.3, 0.4) is 0 Å². The summed E-state index contributed by atoms with van der Waals surface area (Å²) in [5.41, 5.74) is 0.579. The number of hydrogen-bond donors (Lipinski definition) is 1. The lowest BCUT2D eigenvalue weighted by Gasteiger charge is -2.44. The lowest BCUT2D eigenvalue weighted by Crippen LogP contribution is -2.51. The summed E-state index contributed by atoms with van der Waals surface area (Å²) in [6, 6.07) is 0. The minimum absolute atomic E-state index is 0.579. The van der Waals surface area contributed by atoms with E-state index in [4.69, 9.17) is 0 Å². The standard InChI is InChI=1S/C11H21N/c1-10-5-8-12-11(9-10)6-3-2-4-7-11/h10,12H,2-9H2,1H3. The van der Waals surface area contributed by atoms with Crippen LogP contribution >= 0.6 is 0 Å². The Morgan fingerprint density at radius 2 is 1.92 bits per heavy atom. The van der Waals surface area contributed by atoms with Gasteiger partial charge in [0.05, 0.1) is 0 Å². The van der Waals surface area contributed by atoms with Crippen molar-refractivity contribution in [2.45, 2.75) is 57.4 Å². The van der Waals surface area contributed by atoms with Crippen LogP contribution in [0.15, 0.2) is 0 Å². The summed E-state index contributed by atoms with van der Waals surface area (Å²) in [4.78, 5) is 0. The molecule has 1 aliphatic carbocycles. The Morgan fingerprint density at radius 1 is 1.17 bits per heavy atom. The van der Waals surface area contributed by atoms with Crippen LogP contribution in [0.4, 0.5) is 0 Å². The van der Waals surface area contributed by atoms with Crippen LogP contribution in [0.1, 0.15) is 51.9 Å². The highest BCUT2D eigenvalue weighted by atomic mass is 15.0. The molecule has 1 spiro atoms. The predicted molar refractivity (Wildman–Crippen MR) is 52.2 cm³/mol. The van der Waals surface area contributed by atoms with E-state index in [2.05, 4.69) is 12.2 Å². The van der Waals surface area contributed by atoms with E-state index in [0.717, 1.165) is 5.92 Å². The Morgan fingerprint density at radius 3 is 2.58 bits per heavy atom. The van der Waals surface area contributed by atoms with Gasteiger partial charge in [0, 0.05) is 5.54 Å². The summed E-state index contributed by atoms with van der Waals surface area (Å²) in [6.45, 7) is 3.68. The molecule has 0 aromatic carbocycles. The van der Waals surface area contributed by atoms with Crippen molar-refractivity contribution in [1.82, 2.24) is 5.32 Å². The van der Waals surface area contributed by atoms with E-state index in [-0.39, 0.29) is 0 Å². The number of hydrogen-bond acceptors (Lipinski definition) is 1. The largest absolute Gasteiger partial charge is 0.311 e. The van der Waals surface area contributed by atoms with Gasteiger partial charge in [0.15, 0.2) is 0 Å². The molecule has 1 saturated carbocycles. The summed E-state index contributed by atoms with van der Waals surface area (Å²) in [5, 5.41) is 3.76. The summed E-state index contributed by atoms with van der Waals surface area (Å²) in [7, 11) is 0. The molecule has 1 unspecified atom stereocenters. The van der Waals surface area contributed by atoms with Crippen LogP contribution in [0, 0.1) is 5.92 Å². The van der Waals surface area contributed by atoms with E-state index in [1.54, 1.807) is 0 Å². The minimum atomic E-state index is 0.579. The second-order valence-electron chi connectivity index (χ2n) is 4.87. The fraction of sp³-hybridized carbons (Fsp3) is 1.00. The molecule has 0 aromatic heterocycles. The molecular formula is C11H21N. The van der Waals surface area contributed by atoms with E-state index in [9.17, 15) is 0 Å². The van der Waals surface area contributed by atoms with Gasteiger partial charge < -0.3 is 5.32 Å². The van der Waals surface area contributed by atoms with Crippen LogP contribution in [-0.4, -0.2) is 12.1 Å². The van der Waals surface area contributed by atoms with Crippen LogP contribution < -0.4 is 5.32 Å². The summed E-state index contributed by atoms with van der Waals surface area (Å²) in [6.07, 6.45) is 10.1. The van der Waals surface area contributed by atoms with Crippen molar-refractivity contribution in [3.05, 3.63) is 0 Å². The van der Waals surface area contributed by atoms with Gasteiger partial charge in [0.1, 0.15) is 0 Å². The topological polar surface area (TPSA) is 12.0 Å². The molecule has 0 amide bonds. The molecule has 0 aromatic rings. The monoisotopic (exact) mass is 167 g/mol. The molecule has 70 valence electrons. The molecule has 1 atom stereocenters. The predicted octanol–water partition coefficient (Wildman–Crippen LogP) is 2.71. The first-order chi connectivity index (χ1) is 5.81. The normalized spacial score (nSPS) is 35.2. The van der Waals surface area contributed by atoms with Gasteiger partial charge in [-0.15, -0.1) is 0 Å². The zero-order valence-corrected chi connectivity index (χ0v) is 8.23. The van der Waals surface area contributed by atoms with Gasteiger partial charge >= 0.3 is 0 Å². The van der Waals surface area contributed by atoms with E-state index in [1.165, 1.54) is 51.5 Å². The molecule has 2 aliphatic rings. The van der Waals surface area contributed by atoms with Crippen LogP contribution in [0.25, 0.3) is 0 Å². The number of nitrogens with one attached hydrogen (secondary N) is 1. The zero-order chi connectivity index (χ0) is 8.44. The van der Waals surface area contributed by atoms with Crippen molar-refractivity contribution in [1.29, 1.82) is 0 Å². The van der Waals surface area contributed by atoms with Gasteiger partial charge in [0.2, 0.25) is 0 Å². The molecule has 0 radical (unpaired) electrons. The molecule has 0 bridgehead atoms. The van der Waals surface area contributed by atoms with Crippen LogP contribution in [-0.2, 0) is 0 Å². The zero-order valence-electron chi connectivity index (χ0n) is 8.23. The summed E-state index contributed by atoms with van der Waals surface area (Å²) in [5.74, 6) is 0.962. The Hall–Kier alpha value is -0.0400. The highest BCUT2D eigenvalue weighted by molar-refractivity contribution is 4.94. The van der Waals surface area contributed by atoms with Gasteiger partial charge in [-0.25, -0.2) is 0 Å². The SMILES string of the molecule is CC1CCNC2(CCCCC2)C1. The quantitative estimate of drug-likeness (QED) is 0.585. The third kappa shape index (κ3) is 1.66. The fourth-order valence-electron chi connectivity index (χ4n) is 3.03. The highest BCUT2D eigenvalue weighted by Crippen LogP contribution is 2.36. The van der Waals surface area contributed by atoms with Crippen molar-refractivity contribution >= 4 is 0 Å². The molecular weight excluding hydrogens is 146 g/mol. The van der Waals surface area contributed by atoms with E-state index in [0.29, 0.717) is 5.54 Å². The van der Waals surface area contributed by atoms with E-state index in [1.807, 2.05) is 0 Å². The van der Waals surface area contributed by atoms with Gasteiger partial charge in [-0.3, -0.25) is 0 Å². The lowest BCUT2D eigenvalue weighted by atomic mass is 9.73. The third-order valence-electron chi connectivity index (χ3n) is 3.69. The van der Waals surface area contributed by atoms with Gasteiger partial charge in [-0.05, 0) is 38.1 Å². The Labute approximate surface area is 75.9 Å². The molecule has 1 aliphatic heterocycles. The summed E-state index contributed by atoms with van der Waals surface area (Å²) < 4.78 is 0. The average Bonchev–Trinajstić information content (AvgIpc) is 2.05. The molecule has 1 heterocycles. The van der Waals surface area contributed by atoms with Crippen molar-refractivity contribution in [2.24, 2.45) is 5.92 Å². The average molecular weight is 167 g/mol. The van der Waals surface area contributed by atoms with Crippen molar-refractivity contribution < 1.29 is 0 Å². The van der Waals surface area contributed by atoms with E-state index >= 15 is 0 Å². The molecule has 1 saturated heterocycles. The Kier molecular flexibility index (Phi) is 2.40. The highest BCUT2D eigenvalue weighted by Gasteiger charge is 2.35. The maximum absolute atomic E-state index is 3.76. The Bertz CT molecular complexity index is 142. The number of rotatable bonds is 0. The molecule has 1 N–H and O–H groups in total. The van der Waals surface area contributed by atoms with Crippen molar-refractivity contribution in [3.8, 4) is 0 Å². The maximum atomic E-state index is 3.76. The molecule has 1 heteroatoms. The summed E-state index contributed by atoms with van der Waals surface area (Å²) >= 11 is 0. The molecule has 12 heavy (non-hydrogen) atoms. The Balaban J connectivity index is 1.97. The van der Waals surface area contributed by atoms with Gasteiger partial charge in [0.25, 0.3) is 0 Å². The maximum Gasteiger partial charge on any atom is 0.0184 e. The first-order valence-electron chi connectivity index (χ1n) is 5.56. The van der Waals surface area contributed by atoms with E-state index < -0.39 is 0 Å². The van der Waals surface area contributed by atoms with Crippen LogP contribution in [0.5, 0.6) is 0 Å². The fourth-order valence-corrected chi connectivity index (χ4v) is 3.03. The minimum Gasteiger partial charge on any atom is -0.311 e. The third-order valence-corrected chi connectivity index (χ3v) is 3.69. The molecule has 1 nitrogen and oxygen atoms in total. The second-order valence-corrected chi connectivity index (χ2v) is 4.87. The molecule has 2 rings (SSSR count). The van der Waals surface area contributed by atoms with Gasteiger partial charge in [-0.1, -0.05) is 26.2 Å². The second kappa shape index (κ2) is 3.37.